The molecule has 0 radical (unpaired) electrons. The number of aromatic nitrogens is 3. The zero-order valence-corrected chi connectivity index (χ0v) is 13.6. The Hall–Kier alpha value is -2.22. The molecule has 0 aliphatic heterocycles. The molecule has 7 nitrogen and oxygen atoms in total. The van der Waals surface area contributed by atoms with Crippen molar-refractivity contribution in [2.24, 2.45) is 13.0 Å². The van der Waals surface area contributed by atoms with Gasteiger partial charge < -0.3 is 10.4 Å². The van der Waals surface area contributed by atoms with Crippen LogP contribution in [0.2, 0.25) is 0 Å². The summed E-state index contributed by atoms with van der Waals surface area (Å²) in [4.78, 5) is 28.1. The molecule has 2 atom stereocenters. The van der Waals surface area contributed by atoms with E-state index in [1.165, 1.54) is 11.3 Å². The van der Waals surface area contributed by atoms with Crippen molar-refractivity contribution in [1.82, 2.24) is 20.1 Å². The number of aryl methyl sites for hydroxylation is 2. The molecule has 0 saturated heterocycles. The molecule has 0 saturated carbocycles. The van der Waals surface area contributed by atoms with Crippen LogP contribution in [0.1, 0.15) is 29.2 Å². The van der Waals surface area contributed by atoms with Gasteiger partial charge in [-0.1, -0.05) is 0 Å². The summed E-state index contributed by atoms with van der Waals surface area (Å²) in [7, 11) is 1.81. The van der Waals surface area contributed by atoms with Crippen LogP contribution in [0.5, 0.6) is 0 Å². The molecule has 0 aliphatic rings. The molecule has 0 bridgehead atoms. The van der Waals surface area contributed by atoms with Gasteiger partial charge in [0.15, 0.2) is 0 Å². The first-order chi connectivity index (χ1) is 10.3. The lowest BCUT2D eigenvalue weighted by atomic mass is 10.0. The average molecular weight is 322 g/mol. The van der Waals surface area contributed by atoms with Crippen LogP contribution in [0.3, 0.4) is 0 Å². The van der Waals surface area contributed by atoms with Crippen molar-refractivity contribution in [3.05, 3.63) is 23.0 Å². The molecule has 118 valence electrons. The zero-order valence-electron chi connectivity index (χ0n) is 12.8. The Balaban J connectivity index is 2.17. The van der Waals surface area contributed by atoms with E-state index in [0.29, 0.717) is 10.6 Å². The zero-order chi connectivity index (χ0) is 16.4. The largest absolute Gasteiger partial charge is 0.481 e. The fraction of sp³-hybridized carbons (Fsp3) is 0.429. The number of hydrogen-bond donors (Lipinski definition) is 2. The maximum absolute atomic E-state index is 12.3. The second-order valence-electron chi connectivity index (χ2n) is 5.23. The highest BCUT2D eigenvalue weighted by Crippen LogP contribution is 2.27. The highest BCUT2D eigenvalue weighted by Gasteiger charge is 2.24. The Bertz CT molecular complexity index is 707. The Morgan fingerprint density at radius 2 is 2.09 bits per heavy atom. The second kappa shape index (κ2) is 6.27. The van der Waals surface area contributed by atoms with Gasteiger partial charge in [-0.05, 0) is 20.8 Å². The maximum Gasteiger partial charge on any atom is 0.308 e. The number of thiazole rings is 1. The smallest absolute Gasteiger partial charge is 0.308 e. The number of carboxylic acid groups (broad SMARTS) is 1. The summed E-state index contributed by atoms with van der Waals surface area (Å²) in [6.45, 7) is 5.00. The van der Waals surface area contributed by atoms with E-state index in [9.17, 15) is 9.59 Å². The van der Waals surface area contributed by atoms with Gasteiger partial charge in [0.25, 0.3) is 5.91 Å². The Morgan fingerprint density at radius 3 is 2.64 bits per heavy atom. The maximum atomic E-state index is 12.3. The molecule has 0 aromatic carbocycles. The van der Waals surface area contributed by atoms with E-state index in [4.69, 9.17) is 5.11 Å². The first-order valence-corrected chi connectivity index (χ1v) is 7.61. The molecular formula is C14H18N4O3S. The van der Waals surface area contributed by atoms with Gasteiger partial charge in [0.05, 0.1) is 17.8 Å². The molecule has 2 aromatic heterocycles. The lowest BCUT2D eigenvalue weighted by Gasteiger charge is -2.17. The third-order valence-electron chi connectivity index (χ3n) is 3.45. The third-order valence-corrected chi connectivity index (χ3v) is 4.66. The van der Waals surface area contributed by atoms with Crippen LogP contribution in [0.15, 0.2) is 12.4 Å². The summed E-state index contributed by atoms with van der Waals surface area (Å²) in [5.74, 6) is -1.90. The molecule has 8 heteroatoms. The van der Waals surface area contributed by atoms with E-state index in [0.717, 1.165) is 10.6 Å². The number of hydrogen-bond acceptors (Lipinski definition) is 5. The number of amides is 1. The van der Waals surface area contributed by atoms with Crippen LogP contribution in [0, 0.1) is 12.8 Å². The average Bonchev–Trinajstić information content (AvgIpc) is 3.03. The fourth-order valence-corrected chi connectivity index (χ4v) is 2.82. The topological polar surface area (TPSA) is 97.1 Å². The number of nitrogens with one attached hydrogen (secondary N) is 1. The quantitative estimate of drug-likeness (QED) is 0.873. The van der Waals surface area contributed by atoms with Crippen molar-refractivity contribution in [3.8, 4) is 10.6 Å². The number of carbonyl (C=O) groups excluding carboxylic acids is 1. The van der Waals surface area contributed by atoms with E-state index < -0.39 is 17.9 Å². The molecule has 2 N–H and O–H groups in total. The van der Waals surface area contributed by atoms with Crippen molar-refractivity contribution < 1.29 is 14.7 Å². The van der Waals surface area contributed by atoms with Gasteiger partial charge >= 0.3 is 5.97 Å². The van der Waals surface area contributed by atoms with E-state index in [1.807, 2.05) is 13.2 Å². The molecule has 0 fully saturated rings. The van der Waals surface area contributed by atoms with Crippen molar-refractivity contribution in [3.63, 3.8) is 0 Å². The number of carbonyl (C=O) groups is 2. The molecule has 22 heavy (non-hydrogen) atoms. The highest BCUT2D eigenvalue weighted by molar-refractivity contribution is 7.17. The SMILES string of the molecule is Cc1nc(-c2cnn(C)c2)sc1C(=O)NC(C)C(C)C(=O)O. The van der Waals surface area contributed by atoms with Crippen LogP contribution >= 0.6 is 11.3 Å². The molecule has 1 amide bonds. The Kier molecular flexibility index (Phi) is 4.60. The summed E-state index contributed by atoms with van der Waals surface area (Å²) >= 11 is 1.27. The second-order valence-corrected chi connectivity index (χ2v) is 6.22. The van der Waals surface area contributed by atoms with Crippen LogP contribution in [-0.2, 0) is 11.8 Å². The first kappa shape index (κ1) is 16.2. The highest BCUT2D eigenvalue weighted by atomic mass is 32.1. The standard InChI is InChI=1S/C14H18N4O3S/c1-7(14(20)21)8(2)16-12(19)11-9(3)17-13(22-11)10-5-15-18(4)6-10/h5-8H,1-4H3,(H,16,19)(H,20,21). The molecule has 0 aliphatic carbocycles. The van der Waals surface area contributed by atoms with E-state index in [1.54, 1.807) is 31.6 Å². The summed E-state index contributed by atoms with van der Waals surface area (Å²) in [5, 5.41) is 16.5. The lowest BCUT2D eigenvalue weighted by Crippen LogP contribution is -2.39. The normalized spacial score (nSPS) is 13.6. The van der Waals surface area contributed by atoms with E-state index in [-0.39, 0.29) is 5.91 Å². The molecule has 2 heterocycles. The lowest BCUT2D eigenvalue weighted by molar-refractivity contribution is -0.141. The van der Waals surface area contributed by atoms with Gasteiger partial charge in [-0.25, -0.2) is 4.98 Å². The van der Waals surface area contributed by atoms with Crippen LogP contribution in [-0.4, -0.2) is 37.8 Å². The molecule has 2 rings (SSSR count). The van der Waals surface area contributed by atoms with Gasteiger partial charge in [0.1, 0.15) is 9.88 Å². The van der Waals surface area contributed by atoms with Gasteiger partial charge in [0, 0.05) is 24.8 Å². The predicted molar refractivity (Wildman–Crippen MR) is 82.8 cm³/mol. The summed E-state index contributed by atoms with van der Waals surface area (Å²) in [6.07, 6.45) is 3.52. The summed E-state index contributed by atoms with van der Waals surface area (Å²) in [5.41, 5.74) is 1.47. The summed E-state index contributed by atoms with van der Waals surface area (Å²) < 4.78 is 1.67. The molecule has 2 unspecified atom stereocenters. The summed E-state index contributed by atoms with van der Waals surface area (Å²) in [6, 6.07) is -0.464. The number of rotatable bonds is 5. The van der Waals surface area contributed by atoms with Gasteiger partial charge in [0.2, 0.25) is 0 Å². The first-order valence-electron chi connectivity index (χ1n) is 6.79. The van der Waals surface area contributed by atoms with Crippen molar-refractivity contribution in [1.29, 1.82) is 0 Å². The van der Waals surface area contributed by atoms with E-state index in [2.05, 4.69) is 15.4 Å². The van der Waals surface area contributed by atoms with Crippen LogP contribution in [0.4, 0.5) is 0 Å². The minimum absolute atomic E-state index is 0.300. The van der Waals surface area contributed by atoms with Crippen molar-refractivity contribution >= 4 is 23.2 Å². The molecule has 2 aromatic rings. The monoisotopic (exact) mass is 322 g/mol. The fourth-order valence-electron chi connectivity index (χ4n) is 1.87. The third kappa shape index (κ3) is 3.33. The van der Waals surface area contributed by atoms with Gasteiger partial charge in [-0.15, -0.1) is 11.3 Å². The minimum atomic E-state index is -0.940. The van der Waals surface area contributed by atoms with E-state index >= 15 is 0 Å². The molecule has 0 spiro atoms. The minimum Gasteiger partial charge on any atom is -0.481 e. The Morgan fingerprint density at radius 1 is 1.41 bits per heavy atom. The van der Waals surface area contributed by atoms with Gasteiger partial charge in [-0.2, -0.15) is 5.10 Å². The number of aliphatic carboxylic acids is 1. The predicted octanol–water partition coefficient (Wildman–Crippen LogP) is 1.69. The van der Waals surface area contributed by atoms with Crippen molar-refractivity contribution in [2.75, 3.05) is 0 Å². The number of carboxylic acids is 1. The van der Waals surface area contributed by atoms with Gasteiger partial charge in [-0.3, -0.25) is 14.3 Å². The number of nitrogens with zero attached hydrogens (tertiary/aromatic N) is 3. The molecular weight excluding hydrogens is 304 g/mol. The van der Waals surface area contributed by atoms with Crippen molar-refractivity contribution in [2.45, 2.75) is 26.8 Å². The van der Waals surface area contributed by atoms with Crippen LogP contribution in [0.25, 0.3) is 10.6 Å². The van der Waals surface area contributed by atoms with Crippen LogP contribution < -0.4 is 5.32 Å². The Labute approximate surface area is 132 Å².